The molecule has 0 fully saturated rings. The van der Waals surface area contributed by atoms with E-state index in [0.29, 0.717) is 5.56 Å². The van der Waals surface area contributed by atoms with E-state index >= 15 is 0 Å². The average Bonchev–Trinajstić information content (AvgIpc) is 2.36. The molecule has 5 heteroatoms. The topological polar surface area (TPSA) is 26.0 Å². The molecule has 100 valence electrons. The second-order valence-electron chi connectivity index (χ2n) is 4.19. The number of hydrogen-bond donors (Lipinski definition) is 1. The third-order valence-corrected chi connectivity index (χ3v) is 3.07. The summed E-state index contributed by atoms with van der Waals surface area (Å²) in [7, 11) is 0. The monoisotopic (exact) mass is 285 g/mol. The number of benzene rings is 2. The molecule has 0 radical (unpaired) electrons. The first-order valence-electron chi connectivity index (χ1n) is 5.62. The minimum atomic E-state index is -0.996. The van der Waals surface area contributed by atoms with Crippen molar-refractivity contribution in [2.24, 2.45) is 5.73 Å². The van der Waals surface area contributed by atoms with Crippen molar-refractivity contribution in [2.45, 2.75) is 12.5 Å². The summed E-state index contributed by atoms with van der Waals surface area (Å²) >= 11 is 5.64. The summed E-state index contributed by atoms with van der Waals surface area (Å²) in [4.78, 5) is 0. The highest BCUT2D eigenvalue weighted by molar-refractivity contribution is 6.30. The van der Waals surface area contributed by atoms with Crippen molar-refractivity contribution in [3.63, 3.8) is 0 Å². The number of hydrogen-bond acceptors (Lipinski definition) is 1. The molecule has 2 aromatic rings. The molecule has 0 amide bonds. The highest BCUT2D eigenvalue weighted by Crippen LogP contribution is 2.23. The maximum atomic E-state index is 13.6. The van der Waals surface area contributed by atoms with E-state index in [-0.39, 0.29) is 17.0 Å². The average molecular weight is 286 g/mol. The summed E-state index contributed by atoms with van der Waals surface area (Å²) in [5.41, 5.74) is 6.13. The molecule has 2 N–H and O–H groups in total. The lowest BCUT2D eigenvalue weighted by Gasteiger charge is -2.14. The maximum absolute atomic E-state index is 13.6. The molecule has 1 atom stereocenters. The fourth-order valence-corrected chi connectivity index (χ4v) is 2.00. The second-order valence-corrected chi connectivity index (χ2v) is 4.63. The van der Waals surface area contributed by atoms with Gasteiger partial charge < -0.3 is 5.73 Å². The SMILES string of the molecule is NC(Cc1ccc(Cl)cc1F)c1cccc(F)c1F. The van der Waals surface area contributed by atoms with Gasteiger partial charge in [-0.05, 0) is 30.2 Å². The second kappa shape index (κ2) is 5.63. The molecule has 2 aromatic carbocycles. The van der Waals surface area contributed by atoms with Crippen LogP contribution < -0.4 is 5.73 Å². The molecule has 0 saturated carbocycles. The van der Waals surface area contributed by atoms with Gasteiger partial charge in [0, 0.05) is 16.6 Å². The smallest absolute Gasteiger partial charge is 0.163 e. The zero-order chi connectivity index (χ0) is 14.0. The lowest BCUT2D eigenvalue weighted by Crippen LogP contribution is -2.16. The van der Waals surface area contributed by atoms with Gasteiger partial charge in [-0.3, -0.25) is 0 Å². The summed E-state index contributed by atoms with van der Waals surface area (Å²) in [5.74, 6) is -2.48. The van der Waals surface area contributed by atoms with Crippen LogP contribution in [0.15, 0.2) is 36.4 Å². The van der Waals surface area contributed by atoms with Crippen LogP contribution in [0.25, 0.3) is 0 Å². The molecule has 19 heavy (non-hydrogen) atoms. The van der Waals surface area contributed by atoms with E-state index in [1.807, 2.05) is 0 Å². The van der Waals surface area contributed by atoms with E-state index in [9.17, 15) is 13.2 Å². The predicted molar refractivity (Wildman–Crippen MR) is 68.4 cm³/mol. The Morgan fingerprint density at radius 3 is 2.47 bits per heavy atom. The van der Waals surface area contributed by atoms with Gasteiger partial charge in [0.05, 0.1) is 0 Å². The fourth-order valence-electron chi connectivity index (χ4n) is 1.84. The van der Waals surface area contributed by atoms with Gasteiger partial charge in [0.2, 0.25) is 0 Å². The number of halogens is 4. The lowest BCUT2D eigenvalue weighted by molar-refractivity contribution is 0.486. The molecule has 0 aliphatic rings. The fraction of sp³-hybridized carbons (Fsp3) is 0.143. The van der Waals surface area contributed by atoms with Crippen molar-refractivity contribution in [3.05, 3.63) is 70.0 Å². The van der Waals surface area contributed by atoms with Crippen molar-refractivity contribution in [3.8, 4) is 0 Å². The summed E-state index contributed by atoms with van der Waals surface area (Å²) in [6.07, 6.45) is 0.0589. The van der Waals surface area contributed by atoms with Gasteiger partial charge in [0.1, 0.15) is 5.82 Å². The molecule has 1 nitrogen and oxygen atoms in total. The first kappa shape index (κ1) is 13.9. The molecule has 0 aliphatic carbocycles. The van der Waals surface area contributed by atoms with Gasteiger partial charge in [-0.1, -0.05) is 29.8 Å². The molecule has 0 aromatic heterocycles. The van der Waals surface area contributed by atoms with E-state index in [4.69, 9.17) is 17.3 Å². The highest BCUT2D eigenvalue weighted by atomic mass is 35.5. The zero-order valence-corrected chi connectivity index (χ0v) is 10.6. The van der Waals surface area contributed by atoms with Crippen LogP contribution in [0.2, 0.25) is 5.02 Å². The Morgan fingerprint density at radius 2 is 1.79 bits per heavy atom. The highest BCUT2D eigenvalue weighted by Gasteiger charge is 2.16. The van der Waals surface area contributed by atoms with Crippen LogP contribution in [0.3, 0.4) is 0 Å². The first-order valence-corrected chi connectivity index (χ1v) is 6.00. The Kier molecular flexibility index (Phi) is 4.12. The van der Waals surface area contributed by atoms with Gasteiger partial charge in [0.25, 0.3) is 0 Å². The Balaban J connectivity index is 2.25. The van der Waals surface area contributed by atoms with Crippen molar-refractivity contribution < 1.29 is 13.2 Å². The van der Waals surface area contributed by atoms with Crippen molar-refractivity contribution in [1.29, 1.82) is 0 Å². The number of rotatable bonds is 3. The summed E-state index contributed by atoms with van der Waals surface area (Å²) in [5, 5.41) is 0.270. The van der Waals surface area contributed by atoms with E-state index in [2.05, 4.69) is 0 Å². The number of nitrogens with two attached hydrogens (primary N) is 1. The molecule has 1 unspecified atom stereocenters. The standard InChI is InChI=1S/C14H11ClF3N/c15-9-5-4-8(12(17)7-9)6-13(19)10-2-1-3-11(16)14(10)18/h1-5,7,13H,6,19H2. The summed E-state index contributed by atoms with van der Waals surface area (Å²) < 4.78 is 40.2. The quantitative estimate of drug-likeness (QED) is 0.906. The van der Waals surface area contributed by atoms with Gasteiger partial charge >= 0.3 is 0 Å². The van der Waals surface area contributed by atoms with Crippen molar-refractivity contribution in [2.75, 3.05) is 0 Å². The normalized spacial score (nSPS) is 12.5. The Bertz CT molecular complexity index is 601. The van der Waals surface area contributed by atoms with Crippen LogP contribution in [-0.2, 0) is 6.42 Å². The van der Waals surface area contributed by atoms with Crippen LogP contribution in [0.5, 0.6) is 0 Å². The molecule has 0 bridgehead atoms. The molecule has 0 spiro atoms. The summed E-state index contributed by atoms with van der Waals surface area (Å²) in [6.45, 7) is 0. The van der Waals surface area contributed by atoms with E-state index in [1.165, 1.54) is 24.3 Å². The molecule has 0 heterocycles. The van der Waals surface area contributed by atoms with Crippen LogP contribution in [0, 0.1) is 17.5 Å². The van der Waals surface area contributed by atoms with Gasteiger partial charge in [-0.25, -0.2) is 13.2 Å². The minimum absolute atomic E-state index is 0.0225. The van der Waals surface area contributed by atoms with Crippen LogP contribution in [0.1, 0.15) is 17.2 Å². The maximum Gasteiger partial charge on any atom is 0.163 e. The summed E-state index contributed by atoms with van der Waals surface area (Å²) in [6, 6.07) is 7.10. The van der Waals surface area contributed by atoms with E-state index < -0.39 is 23.5 Å². The molecule has 0 aliphatic heterocycles. The van der Waals surface area contributed by atoms with Gasteiger partial charge in [-0.2, -0.15) is 0 Å². The third kappa shape index (κ3) is 3.08. The Labute approximate surface area is 113 Å². The van der Waals surface area contributed by atoms with Gasteiger partial charge in [-0.15, -0.1) is 0 Å². The van der Waals surface area contributed by atoms with Crippen molar-refractivity contribution >= 4 is 11.6 Å². The van der Waals surface area contributed by atoms with E-state index in [0.717, 1.165) is 12.1 Å². The van der Waals surface area contributed by atoms with Crippen molar-refractivity contribution in [1.82, 2.24) is 0 Å². The molecular weight excluding hydrogens is 275 g/mol. The van der Waals surface area contributed by atoms with Crippen LogP contribution >= 0.6 is 11.6 Å². The molecular formula is C14H11ClF3N. The van der Waals surface area contributed by atoms with Crippen LogP contribution in [0.4, 0.5) is 13.2 Å². The minimum Gasteiger partial charge on any atom is -0.324 e. The molecule has 2 rings (SSSR count). The Hall–Kier alpha value is -1.52. The van der Waals surface area contributed by atoms with E-state index in [1.54, 1.807) is 0 Å². The zero-order valence-electron chi connectivity index (χ0n) is 9.84. The largest absolute Gasteiger partial charge is 0.324 e. The Morgan fingerprint density at radius 1 is 1.05 bits per heavy atom. The lowest BCUT2D eigenvalue weighted by atomic mass is 9.99. The third-order valence-electron chi connectivity index (χ3n) is 2.84. The first-order chi connectivity index (χ1) is 8.99. The van der Waals surface area contributed by atoms with Gasteiger partial charge in [0.15, 0.2) is 11.6 Å². The predicted octanol–water partition coefficient (Wildman–Crippen LogP) is 4.00. The van der Waals surface area contributed by atoms with Crippen LogP contribution in [-0.4, -0.2) is 0 Å². The molecule has 0 saturated heterocycles.